The number of hydrogen-bond acceptors (Lipinski definition) is 2. The molecule has 0 saturated heterocycles. The molecule has 2 aromatic carbocycles. The molecule has 0 N–H and O–H groups in total. The molecule has 2 nitrogen and oxygen atoms in total. The summed E-state index contributed by atoms with van der Waals surface area (Å²) in [6.07, 6.45) is 0. The van der Waals surface area contributed by atoms with Gasteiger partial charge in [0.1, 0.15) is 5.76 Å². The molecule has 0 radical (unpaired) electrons. The average Bonchev–Trinajstić information content (AvgIpc) is 2.96. The Hall–Kier alpha value is -2.87. The standard InChI is InChI=1S/C23H21NO/c1-14-10-15(2)12-19(11-14)20-9-8-18-13-21(25-23(18)24-20)22-16(3)6-5-7-17(22)4/h5-13H,1-4H3. The number of pyridine rings is 1. The molecule has 0 aliphatic carbocycles. The predicted octanol–water partition coefficient (Wildman–Crippen LogP) is 6.40. The maximum Gasteiger partial charge on any atom is 0.227 e. The molecule has 0 fully saturated rings. The Morgan fingerprint density at radius 1 is 0.760 bits per heavy atom. The Kier molecular flexibility index (Phi) is 3.69. The number of fused-ring (bicyclic) bond motifs is 1. The van der Waals surface area contributed by atoms with Crippen LogP contribution in [0.4, 0.5) is 0 Å². The summed E-state index contributed by atoms with van der Waals surface area (Å²) >= 11 is 0. The van der Waals surface area contributed by atoms with Gasteiger partial charge < -0.3 is 4.42 Å². The van der Waals surface area contributed by atoms with Crippen molar-refractivity contribution >= 4 is 11.1 Å². The average molecular weight is 327 g/mol. The summed E-state index contributed by atoms with van der Waals surface area (Å²) in [6, 6.07) is 19.1. The fourth-order valence-electron chi connectivity index (χ4n) is 3.53. The van der Waals surface area contributed by atoms with Gasteiger partial charge in [-0.1, -0.05) is 35.4 Å². The highest BCUT2D eigenvalue weighted by Gasteiger charge is 2.13. The van der Waals surface area contributed by atoms with Crippen molar-refractivity contribution in [1.29, 1.82) is 0 Å². The monoisotopic (exact) mass is 327 g/mol. The number of furan rings is 1. The molecule has 0 amide bonds. The lowest BCUT2D eigenvalue weighted by molar-refractivity contribution is 0.618. The number of rotatable bonds is 2. The van der Waals surface area contributed by atoms with Crippen molar-refractivity contribution in [2.75, 3.05) is 0 Å². The van der Waals surface area contributed by atoms with E-state index < -0.39 is 0 Å². The first-order chi connectivity index (χ1) is 12.0. The molecule has 4 rings (SSSR count). The summed E-state index contributed by atoms with van der Waals surface area (Å²) in [4.78, 5) is 4.77. The summed E-state index contributed by atoms with van der Waals surface area (Å²) in [5, 5.41) is 1.03. The van der Waals surface area contributed by atoms with E-state index in [2.05, 4.69) is 82.3 Å². The van der Waals surface area contributed by atoms with Crippen LogP contribution in [0, 0.1) is 27.7 Å². The first kappa shape index (κ1) is 15.6. The molecule has 124 valence electrons. The van der Waals surface area contributed by atoms with Crippen molar-refractivity contribution in [3.8, 4) is 22.6 Å². The number of nitrogens with zero attached hydrogens (tertiary/aromatic N) is 1. The van der Waals surface area contributed by atoms with Gasteiger partial charge in [-0.25, -0.2) is 4.98 Å². The van der Waals surface area contributed by atoms with E-state index in [4.69, 9.17) is 9.40 Å². The molecule has 0 bridgehead atoms. The molecule has 0 unspecified atom stereocenters. The van der Waals surface area contributed by atoms with E-state index in [1.807, 2.05) is 0 Å². The minimum absolute atomic E-state index is 0.689. The van der Waals surface area contributed by atoms with Gasteiger partial charge in [0, 0.05) is 16.5 Å². The largest absolute Gasteiger partial charge is 0.438 e. The van der Waals surface area contributed by atoms with Crippen molar-refractivity contribution in [3.05, 3.63) is 76.9 Å². The summed E-state index contributed by atoms with van der Waals surface area (Å²) in [5.74, 6) is 0.885. The highest BCUT2D eigenvalue weighted by molar-refractivity contribution is 5.83. The molecule has 0 atom stereocenters. The zero-order valence-corrected chi connectivity index (χ0v) is 15.1. The van der Waals surface area contributed by atoms with Crippen molar-refractivity contribution in [2.45, 2.75) is 27.7 Å². The zero-order valence-electron chi connectivity index (χ0n) is 15.1. The van der Waals surface area contributed by atoms with Gasteiger partial charge in [0.2, 0.25) is 5.71 Å². The summed E-state index contributed by atoms with van der Waals surface area (Å²) in [5.41, 5.74) is 8.84. The molecule has 0 aliphatic heterocycles. The molecule has 25 heavy (non-hydrogen) atoms. The molecular formula is C23H21NO. The second kappa shape index (κ2) is 5.89. The van der Waals surface area contributed by atoms with E-state index in [0.29, 0.717) is 5.71 Å². The fraction of sp³-hybridized carbons (Fsp3) is 0.174. The molecule has 4 aromatic rings. The number of benzene rings is 2. The van der Waals surface area contributed by atoms with Crippen LogP contribution in [0.3, 0.4) is 0 Å². The Morgan fingerprint density at radius 2 is 1.44 bits per heavy atom. The van der Waals surface area contributed by atoms with Gasteiger partial charge in [0.05, 0.1) is 5.69 Å². The minimum atomic E-state index is 0.689. The molecule has 2 heterocycles. The van der Waals surface area contributed by atoms with Gasteiger partial charge in [-0.2, -0.15) is 0 Å². The topological polar surface area (TPSA) is 26.0 Å². The van der Waals surface area contributed by atoms with Crippen LogP contribution >= 0.6 is 0 Å². The van der Waals surface area contributed by atoms with Gasteiger partial charge in [0.15, 0.2) is 0 Å². The third-order valence-electron chi connectivity index (χ3n) is 4.63. The van der Waals surface area contributed by atoms with E-state index in [9.17, 15) is 0 Å². The second-order valence-corrected chi connectivity index (χ2v) is 6.84. The third kappa shape index (κ3) is 2.85. The summed E-state index contributed by atoms with van der Waals surface area (Å²) in [6.45, 7) is 8.45. The van der Waals surface area contributed by atoms with Crippen molar-refractivity contribution in [2.24, 2.45) is 0 Å². The van der Waals surface area contributed by atoms with Crippen LogP contribution in [-0.4, -0.2) is 4.98 Å². The van der Waals surface area contributed by atoms with Crippen LogP contribution in [0.5, 0.6) is 0 Å². The van der Waals surface area contributed by atoms with Crippen molar-refractivity contribution in [3.63, 3.8) is 0 Å². The van der Waals surface area contributed by atoms with E-state index in [-0.39, 0.29) is 0 Å². The van der Waals surface area contributed by atoms with E-state index >= 15 is 0 Å². The quantitative estimate of drug-likeness (QED) is 0.426. The summed E-state index contributed by atoms with van der Waals surface area (Å²) < 4.78 is 6.13. The normalized spacial score (nSPS) is 11.2. The van der Waals surface area contributed by atoms with Crippen molar-refractivity contribution < 1.29 is 4.42 Å². The van der Waals surface area contributed by atoms with Crippen LogP contribution in [0.15, 0.2) is 59.0 Å². The van der Waals surface area contributed by atoms with Crippen LogP contribution < -0.4 is 0 Å². The second-order valence-electron chi connectivity index (χ2n) is 6.84. The van der Waals surface area contributed by atoms with E-state index in [1.54, 1.807) is 0 Å². The zero-order chi connectivity index (χ0) is 17.6. The lowest BCUT2D eigenvalue weighted by atomic mass is 10.0. The van der Waals surface area contributed by atoms with Crippen LogP contribution in [0.25, 0.3) is 33.7 Å². The first-order valence-electron chi connectivity index (χ1n) is 8.57. The van der Waals surface area contributed by atoms with Crippen LogP contribution in [-0.2, 0) is 0 Å². The van der Waals surface area contributed by atoms with Gasteiger partial charge in [-0.3, -0.25) is 0 Å². The maximum absolute atomic E-state index is 6.13. The van der Waals surface area contributed by atoms with Crippen LogP contribution in [0.2, 0.25) is 0 Å². The molecule has 0 spiro atoms. The fourth-order valence-corrected chi connectivity index (χ4v) is 3.53. The molecule has 2 heteroatoms. The Labute approximate surface area is 148 Å². The van der Waals surface area contributed by atoms with E-state index in [0.717, 1.165) is 28.0 Å². The Morgan fingerprint density at radius 3 is 2.12 bits per heavy atom. The highest BCUT2D eigenvalue weighted by atomic mass is 16.3. The smallest absolute Gasteiger partial charge is 0.227 e. The Balaban J connectivity index is 1.85. The molecular weight excluding hydrogens is 306 g/mol. The maximum atomic E-state index is 6.13. The van der Waals surface area contributed by atoms with Crippen LogP contribution in [0.1, 0.15) is 22.3 Å². The van der Waals surface area contributed by atoms with Gasteiger partial charge >= 0.3 is 0 Å². The van der Waals surface area contributed by atoms with Gasteiger partial charge in [-0.15, -0.1) is 0 Å². The predicted molar refractivity (Wildman–Crippen MR) is 104 cm³/mol. The minimum Gasteiger partial charge on any atom is -0.438 e. The third-order valence-corrected chi connectivity index (χ3v) is 4.63. The SMILES string of the molecule is Cc1cc(C)cc(-c2ccc3cc(-c4c(C)cccc4C)oc3n2)c1. The number of hydrogen-bond donors (Lipinski definition) is 0. The molecule has 0 saturated carbocycles. The Bertz CT molecular complexity index is 1050. The number of aryl methyl sites for hydroxylation is 4. The lowest BCUT2D eigenvalue weighted by Crippen LogP contribution is -1.86. The molecule has 2 aromatic heterocycles. The molecule has 0 aliphatic rings. The lowest BCUT2D eigenvalue weighted by Gasteiger charge is -2.05. The van der Waals surface area contributed by atoms with Gasteiger partial charge in [0.25, 0.3) is 0 Å². The highest BCUT2D eigenvalue weighted by Crippen LogP contribution is 2.33. The van der Waals surface area contributed by atoms with Crippen molar-refractivity contribution in [1.82, 2.24) is 4.98 Å². The van der Waals surface area contributed by atoms with E-state index in [1.165, 1.54) is 22.3 Å². The van der Waals surface area contributed by atoms with Gasteiger partial charge in [-0.05, 0) is 69.2 Å². The number of aromatic nitrogens is 1. The first-order valence-corrected chi connectivity index (χ1v) is 8.57. The summed E-state index contributed by atoms with van der Waals surface area (Å²) in [7, 11) is 0.